The van der Waals surface area contributed by atoms with Crippen molar-refractivity contribution in [2.75, 3.05) is 13.6 Å². The van der Waals surface area contributed by atoms with Gasteiger partial charge in [0.2, 0.25) is 5.82 Å². The molecule has 130 valence electrons. The number of aromatic nitrogens is 2. The van der Waals surface area contributed by atoms with Crippen LogP contribution in [0.3, 0.4) is 0 Å². The summed E-state index contributed by atoms with van der Waals surface area (Å²) in [5, 5.41) is 8.71. The van der Waals surface area contributed by atoms with Crippen LogP contribution in [0.5, 0.6) is 0 Å². The summed E-state index contributed by atoms with van der Waals surface area (Å²) < 4.78 is 40.5. The van der Waals surface area contributed by atoms with E-state index in [0.717, 1.165) is 9.47 Å². The number of aliphatic carboxylic acids is 1. The van der Waals surface area contributed by atoms with Gasteiger partial charge in [0, 0.05) is 18.7 Å². The van der Waals surface area contributed by atoms with Crippen molar-refractivity contribution >= 4 is 22.9 Å². The van der Waals surface area contributed by atoms with Crippen LogP contribution in [0.1, 0.15) is 36.1 Å². The molecule has 1 heterocycles. The van der Waals surface area contributed by atoms with Gasteiger partial charge in [0.15, 0.2) is 0 Å². The van der Waals surface area contributed by atoms with E-state index >= 15 is 0 Å². The summed E-state index contributed by atoms with van der Waals surface area (Å²) in [6.45, 7) is 2.71. The van der Waals surface area contributed by atoms with Gasteiger partial charge in [-0.2, -0.15) is 13.2 Å². The second kappa shape index (κ2) is 6.14. The third-order valence-electron chi connectivity index (χ3n) is 3.43. The predicted molar refractivity (Wildman–Crippen MR) is 79.7 cm³/mol. The molecule has 1 amide bonds. The number of fused-ring (bicyclic) bond motifs is 1. The van der Waals surface area contributed by atoms with E-state index in [0.29, 0.717) is 0 Å². The number of halogens is 3. The highest BCUT2D eigenvalue weighted by Gasteiger charge is 2.38. The number of alkyl halides is 3. The lowest BCUT2D eigenvalue weighted by molar-refractivity contribution is -0.147. The first-order valence-electron chi connectivity index (χ1n) is 7.08. The molecule has 2 aromatic rings. The van der Waals surface area contributed by atoms with Crippen LogP contribution in [-0.2, 0) is 11.0 Å². The second-order valence-electron chi connectivity index (χ2n) is 5.66. The van der Waals surface area contributed by atoms with Crippen molar-refractivity contribution in [1.82, 2.24) is 14.5 Å². The zero-order valence-electron chi connectivity index (χ0n) is 13.3. The minimum Gasteiger partial charge on any atom is -0.480 e. The van der Waals surface area contributed by atoms with E-state index in [4.69, 9.17) is 5.11 Å². The number of hydrogen-bond acceptors (Lipinski definition) is 3. The maximum Gasteiger partial charge on any atom is 0.449 e. The molecule has 1 aromatic heterocycles. The monoisotopic (exact) mass is 343 g/mol. The van der Waals surface area contributed by atoms with Crippen molar-refractivity contribution in [3.63, 3.8) is 0 Å². The largest absolute Gasteiger partial charge is 0.480 e. The maximum atomic E-state index is 13.2. The van der Waals surface area contributed by atoms with E-state index in [-0.39, 0.29) is 16.6 Å². The van der Waals surface area contributed by atoms with Crippen molar-refractivity contribution in [2.45, 2.75) is 26.1 Å². The number of likely N-dealkylation sites (N-methyl/N-ethyl adjacent to an activating group) is 1. The summed E-state index contributed by atoms with van der Waals surface area (Å²) in [7, 11) is 1.30. The third kappa shape index (κ3) is 3.34. The number of hydrogen-bond donors (Lipinski definition) is 1. The topological polar surface area (TPSA) is 75.4 Å². The lowest BCUT2D eigenvalue weighted by Gasteiger charge is -2.15. The molecular formula is C15H16F3N3O3. The molecule has 0 aliphatic heterocycles. The molecule has 0 radical (unpaired) electrons. The Hall–Kier alpha value is -2.58. The number of carboxylic acid groups (broad SMARTS) is 1. The Morgan fingerprint density at radius 1 is 1.33 bits per heavy atom. The molecular weight excluding hydrogens is 327 g/mol. The maximum absolute atomic E-state index is 13.2. The lowest BCUT2D eigenvalue weighted by atomic mass is 10.1. The SMILES string of the molecule is CC(C)n1c(C(F)(F)F)nc2cc(C(=O)N(C)CC(=O)O)ccc21. The van der Waals surface area contributed by atoms with Gasteiger partial charge in [-0.05, 0) is 32.0 Å². The Balaban J connectivity index is 2.52. The van der Waals surface area contributed by atoms with E-state index < -0.39 is 36.5 Å². The van der Waals surface area contributed by atoms with E-state index in [2.05, 4.69) is 4.98 Å². The molecule has 0 unspecified atom stereocenters. The predicted octanol–water partition coefficient (Wildman–Crippen LogP) is 2.79. The molecule has 0 atom stereocenters. The molecule has 0 saturated heterocycles. The van der Waals surface area contributed by atoms with Gasteiger partial charge < -0.3 is 14.6 Å². The van der Waals surface area contributed by atoms with Crippen molar-refractivity contribution in [3.8, 4) is 0 Å². The minimum absolute atomic E-state index is 0.0330. The summed E-state index contributed by atoms with van der Waals surface area (Å²) in [5.74, 6) is -2.82. The number of nitrogens with zero attached hydrogens (tertiary/aromatic N) is 3. The molecule has 0 bridgehead atoms. The van der Waals surface area contributed by atoms with Crippen LogP contribution in [0.25, 0.3) is 11.0 Å². The Morgan fingerprint density at radius 3 is 2.46 bits per heavy atom. The number of rotatable bonds is 4. The second-order valence-corrected chi connectivity index (χ2v) is 5.66. The average Bonchev–Trinajstić information content (AvgIpc) is 2.84. The first-order chi connectivity index (χ1) is 11.0. The van der Waals surface area contributed by atoms with Crippen LogP contribution in [0, 0.1) is 0 Å². The number of carbonyl (C=O) groups excluding carboxylic acids is 1. The van der Waals surface area contributed by atoms with Gasteiger partial charge in [-0.15, -0.1) is 0 Å². The standard InChI is InChI=1S/C15H16F3N3O3/c1-8(2)21-11-5-4-9(13(24)20(3)7-12(22)23)6-10(11)19-14(21)15(16,17)18/h4-6,8H,7H2,1-3H3,(H,22,23). The van der Waals surface area contributed by atoms with E-state index in [1.165, 1.54) is 25.2 Å². The van der Waals surface area contributed by atoms with Crippen LogP contribution in [-0.4, -0.2) is 45.0 Å². The Kier molecular flexibility index (Phi) is 4.54. The van der Waals surface area contributed by atoms with Crippen LogP contribution in [0.4, 0.5) is 13.2 Å². The van der Waals surface area contributed by atoms with Crippen molar-refractivity contribution in [1.29, 1.82) is 0 Å². The first kappa shape index (κ1) is 17.8. The van der Waals surface area contributed by atoms with E-state index in [9.17, 15) is 22.8 Å². The van der Waals surface area contributed by atoms with Crippen LogP contribution in [0.2, 0.25) is 0 Å². The summed E-state index contributed by atoms with van der Waals surface area (Å²) in [5.41, 5.74) is 0.369. The number of imidazole rings is 1. The normalized spacial score (nSPS) is 12.0. The summed E-state index contributed by atoms with van der Waals surface area (Å²) in [6.07, 6.45) is -4.62. The van der Waals surface area contributed by atoms with Crippen LogP contribution in [0.15, 0.2) is 18.2 Å². The summed E-state index contributed by atoms with van der Waals surface area (Å²) in [6, 6.07) is 3.52. The van der Waals surface area contributed by atoms with Gasteiger partial charge in [0.1, 0.15) is 6.54 Å². The van der Waals surface area contributed by atoms with E-state index in [1.54, 1.807) is 13.8 Å². The van der Waals surface area contributed by atoms with Gasteiger partial charge >= 0.3 is 12.1 Å². The first-order valence-corrected chi connectivity index (χ1v) is 7.08. The zero-order chi connectivity index (χ0) is 18.2. The Labute approximate surface area is 135 Å². The van der Waals surface area contributed by atoms with Gasteiger partial charge in [-0.25, -0.2) is 4.98 Å². The average molecular weight is 343 g/mol. The van der Waals surface area contributed by atoms with Crippen molar-refractivity contribution in [2.24, 2.45) is 0 Å². The van der Waals surface area contributed by atoms with Gasteiger partial charge in [0.05, 0.1) is 11.0 Å². The highest BCUT2D eigenvalue weighted by Crippen LogP contribution is 2.34. The smallest absolute Gasteiger partial charge is 0.449 e. The number of amides is 1. The van der Waals surface area contributed by atoms with Crippen LogP contribution >= 0.6 is 0 Å². The molecule has 6 nitrogen and oxygen atoms in total. The molecule has 0 spiro atoms. The Bertz CT molecular complexity index is 796. The molecule has 0 saturated carbocycles. The molecule has 0 aliphatic rings. The number of carboxylic acids is 1. The minimum atomic E-state index is -4.62. The molecule has 0 fully saturated rings. The molecule has 24 heavy (non-hydrogen) atoms. The van der Waals surface area contributed by atoms with Gasteiger partial charge in [0.25, 0.3) is 5.91 Å². The molecule has 0 aliphatic carbocycles. The molecule has 1 aromatic carbocycles. The highest BCUT2D eigenvalue weighted by atomic mass is 19.4. The molecule has 1 N–H and O–H groups in total. The van der Waals surface area contributed by atoms with E-state index in [1.807, 2.05) is 0 Å². The fourth-order valence-corrected chi connectivity index (χ4v) is 2.45. The fraction of sp³-hybridized carbons (Fsp3) is 0.400. The highest BCUT2D eigenvalue weighted by molar-refractivity contribution is 5.98. The number of benzene rings is 1. The van der Waals surface area contributed by atoms with Crippen molar-refractivity contribution < 1.29 is 27.9 Å². The van der Waals surface area contributed by atoms with Crippen LogP contribution < -0.4 is 0 Å². The third-order valence-corrected chi connectivity index (χ3v) is 3.43. The number of carbonyl (C=O) groups is 2. The summed E-state index contributed by atoms with van der Waals surface area (Å²) in [4.78, 5) is 27.4. The van der Waals surface area contributed by atoms with Crippen molar-refractivity contribution in [3.05, 3.63) is 29.6 Å². The quantitative estimate of drug-likeness (QED) is 0.926. The molecule has 2 rings (SSSR count). The van der Waals surface area contributed by atoms with Gasteiger partial charge in [-0.3, -0.25) is 9.59 Å². The summed E-state index contributed by atoms with van der Waals surface area (Å²) >= 11 is 0. The Morgan fingerprint density at radius 2 is 1.96 bits per heavy atom. The van der Waals surface area contributed by atoms with Gasteiger partial charge in [-0.1, -0.05) is 0 Å². The molecule has 9 heteroatoms. The zero-order valence-corrected chi connectivity index (χ0v) is 13.3. The lowest BCUT2D eigenvalue weighted by Crippen LogP contribution is -2.31. The fourth-order valence-electron chi connectivity index (χ4n) is 2.45.